The van der Waals surface area contributed by atoms with E-state index < -0.39 is 9.84 Å². The highest BCUT2D eigenvalue weighted by molar-refractivity contribution is 7.91. The Hall–Kier alpha value is -2.09. The van der Waals surface area contributed by atoms with E-state index in [1.165, 1.54) is 0 Å². The average molecular weight is 323 g/mol. The first-order chi connectivity index (χ1) is 10.5. The van der Waals surface area contributed by atoms with Crippen LogP contribution in [-0.2, 0) is 9.84 Å². The third-order valence-corrected chi connectivity index (χ3v) is 5.56. The van der Waals surface area contributed by atoms with Crippen molar-refractivity contribution >= 4 is 9.84 Å². The van der Waals surface area contributed by atoms with E-state index in [-0.39, 0.29) is 17.4 Å². The van der Waals surface area contributed by atoms with E-state index in [0.717, 1.165) is 5.69 Å². The van der Waals surface area contributed by atoms with Crippen molar-refractivity contribution in [2.75, 3.05) is 25.7 Å². The molecule has 1 aliphatic heterocycles. The second kappa shape index (κ2) is 5.60. The molecule has 0 spiro atoms. The highest BCUT2D eigenvalue weighted by Crippen LogP contribution is 2.30. The van der Waals surface area contributed by atoms with Gasteiger partial charge in [-0.25, -0.2) is 13.1 Å². The maximum absolute atomic E-state index is 11.6. The highest BCUT2D eigenvalue weighted by Gasteiger charge is 2.31. The van der Waals surface area contributed by atoms with Crippen LogP contribution in [-0.4, -0.2) is 49.1 Å². The van der Waals surface area contributed by atoms with Gasteiger partial charge in [0.05, 0.1) is 43.3 Å². The van der Waals surface area contributed by atoms with E-state index in [1.807, 2.05) is 6.07 Å². The van der Waals surface area contributed by atoms with E-state index >= 15 is 0 Å². The monoisotopic (exact) mass is 323 g/mol. The quantitative estimate of drug-likeness (QED) is 0.840. The molecule has 1 aromatic carbocycles. The Morgan fingerprint density at radius 1 is 1.23 bits per heavy atom. The molecule has 1 saturated heterocycles. The summed E-state index contributed by atoms with van der Waals surface area (Å²) in [5.74, 6) is 1.53. The average Bonchev–Trinajstić information content (AvgIpc) is 3.13. The summed E-state index contributed by atoms with van der Waals surface area (Å²) in [5.41, 5.74) is 1.48. The first-order valence-electron chi connectivity index (χ1n) is 6.87. The number of rotatable bonds is 4. The third-order valence-electron chi connectivity index (χ3n) is 3.79. The molecule has 3 rings (SSSR count). The molecule has 0 saturated carbocycles. The van der Waals surface area contributed by atoms with Gasteiger partial charge in [0.15, 0.2) is 21.3 Å². The van der Waals surface area contributed by atoms with Gasteiger partial charge < -0.3 is 9.47 Å². The number of methoxy groups -OCH3 is 2. The molecule has 1 atom stereocenters. The van der Waals surface area contributed by atoms with Crippen LogP contribution in [0.5, 0.6) is 11.5 Å². The van der Waals surface area contributed by atoms with Crippen LogP contribution >= 0.6 is 0 Å². The van der Waals surface area contributed by atoms with Gasteiger partial charge in [-0.1, -0.05) is 5.21 Å². The van der Waals surface area contributed by atoms with Crippen molar-refractivity contribution in [3.8, 4) is 17.2 Å². The summed E-state index contributed by atoms with van der Waals surface area (Å²) < 4.78 is 35.2. The highest BCUT2D eigenvalue weighted by atomic mass is 32.2. The van der Waals surface area contributed by atoms with Gasteiger partial charge in [0, 0.05) is 12.0 Å². The van der Waals surface area contributed by atoms with Crippen LogP contribution in [0.4, 0.5) is 0 Å². The number of sulfone groups is 1. The van der Waals surface area contributed by atoms with Crippen LogP contribution in [0.3, 0.4) is 0 Å². The standard InChI is InChI=1S/C14H17N3O4S/c1-20-13-4-3-11(7-14(13)21-2)17-8-12(15-16-17)10-5-6-22(18,19)9-10/h3-4,7-8,10H,5-6,9H2,1-2H3. The molecule has 1 aliphatic rings. The lowest BCUT2D eigenvalue weighted by Gasteiger charge is -2.09. The van der Waals surface area contributed by atoms with E-state index in [9.17, 15) is 8.42 Å². The first kappa shape index (κ1) is 14.8. The van der Waals surface area contributed by atoms with Gasteiger partial charge in [-0.15, -0.1) is 5.10 Å². The van der Waals surface area contributed by atoms with Gasteiger partial charge in [-0.3, -0.25) is 0 Å². The molecule has 2 heterocycles. The predicted molar refractivity (Wildman–Crippen MR) is 80.5 cm³/mol. The molecule has 22 heavy (non-hydrogen) atoms. The fourth-order valence-corrected chi connectivity index (χ4v) is 4.35. The Morgan fingerprint density at radius 3 is 2.64 bits per heavy atom. The van der Waals surface area contributed by atoms with E-state index in [2.05, 4.69) is 10.3 Å². The molecule has 1 fully saturated rings. The van der Waals surface area contributed by atoms with Crippen molar-refractivity contribution in [3.63, 3.8) is 0 Å². The lowest BCUT2D eigenvalue weighted by Crippen LogP contribution is -2.04. The smallest absolute Gasteiger partial charge is 0.162 e. The van der Waals surface area contributed by atoms with Crippen LogP contribution in [0.2, 0.25) is 0 Å². The van der Waals surface area contributed by atoms with Gasteiger partial charge >= 0.3 is 0 Å². The molecule has 2 aromatic rings. The summed E-state index contributed by atoms with van der Waals surface area (Å²) in [6, 6.07) is 5.42. The number of aromatic nitrogens is 3. The first-order valence-corrected chi connectivity index (χ1v) is 8.69. The topological polar surface area (TPSA) is 83.3 Å². The maximum atomic E-state index is 11.6. The second-order valence-corrected chi connectivity index (χ2v) is 7.46. The van der Waals surface area contributed by atoms with Gasteiger partial charge in [0.1, 0.15) is 0 Å². The van der Waals surface area contributed by atoms with E-state index in [0.29, 0.717) is 23.6 Å². The molecule has 0 bridgehead atoms. The predicted octanol–water partition coefficient (Wildman–Crippen LogP) is 1.19. The lowest BCUT2D eigenvalue weighted by atomic mass is 10.1. The summed E-state index contributed by atoms with van der Waals surface area (Å²) in [6.07, 6.45) is 2.37. The fourth-order valence-electron chi connectivity index (χ4n) is 2.59. The molecule has 0 radical (unpaired) electrons. The summed E-state index contributed by atoms with van der Waals surface area (Å²) in [4.78, 5) is 0. The summed E-state index contributed by atoms with van der Waals surface area (Å²) >= 11 is 0. The number of ether oxygens (including phenoxy) is 2. The minimum atomic E-state index is -2.93. The zero-order valence-electron chi connectivity index (χ0n) is 12.4. The van der Waals surface area contributed by atoms with Crippen LogP contribution in [0, 0.1) is 0 Å². The van der Waals surface area contributed by atoms with E-state index in [1.54, 1.807) is 37.2 Å². The van der Waals surface area contributed by atoms with Gasteiger partial charge in [-0.05, 0) is 18.6 Å². The SMILES string of the molecule is COc1ccc(-n2cc(C3CCS(=O)(=O)C3)nn2)cc1OC. The number of hydrogen-bond acceptors (Lipinski definition) is 6. The van der Waals surface area contributed by atoms with Gasteiger partial charge in [0.2, 0.25) is 0 Å². The molecule has 8 heteroatoms. The van der Waals surface area contributed by atoms with Gasteiger partial charge in [-0.2, -0.15) is 0 Å². The minimum Gasteiger partial charge on any atom is -0.493 e. The maximum Gasteiger partial charge on any atom is 0.162 e. The van der Waals surface area contributed by atoms with Crippen molar-refractivity contribution < 1.29 is 17.9 Å². The largest absolute Gasteiger partial charge is 0.493 e. The molecule has 0 amide bonds. The van der Waals surface area contributed by atoms with Crippen molar-refractivity contribution in [3.05, 3.63) is 30.1 Å². The number of benzene rings is 1. The minimum absolute atomic E-state index is 0.0705. The molecule has 1 unspecified atom stereocenters. The zero-order chi connectivity index (χ0) is 15.7. The second-order valence-electron chi connectivity index (χ2n) is 5.23. The number of nitrogens with zero attached hydrogens (tertiary/aromatic N) is 3. The van der Waals surface area contributed by atoms with Crippen molar-refractivity contribution in [1.82, 2.24) is 15.0 Å². The fraction of sp³-hybridized carbons (Fsp3) is 0.429. The molecule has 118 valence electrons. The number of hydrogen-bond donors (Lipinski definition) is 0. The third kappa shape index (κ3) is 2.78. The van der Waals surface area contributed by atoms with Crippen LogP contribution < -0.4 is 9.47 Å². The molecule has 1 aromatic heterocycles. The Kier molecular flexibility index (Phi) is 3.78. The van der Waals surface area contributed by atoms with Crippen LogP contribution in [0.15, 0.2) is 24.4 Å². The lowest BCUT2D eigenvalue weighted by molar-refractivity contribution is 0.354. The Labute approximate surface area is 128 Å². The normalized spacial score (nSPS) is 20.0. The Bertz CT molecular complexity index is 785. The molecular formula is C14H17N3O4S. The molecule has 0 aliphatic carbocycles. The summed E-state index contributed by atoms with van der Waals surface area (Å²) in [6.45, 7) is 0. The Morgan fingerprint density at radius 2 is 2.00 bits per heavy atom. The van der Waals surface area contributed by atoms with Gasteiger partial charge in [0.25, 0.3) is 0 Å². The zero-order valence-corrected chi connectivity index (χ0v) is 13.2. The molecule has 0 N–H and O–H groups in total. The summed E-state index contributed by atoms with van der Waals surface area (Å²) in [7, 11) is 0.210. The van der Waals surface area contributed by atoms with Crippen LogP contribution in [0.25, 0.3) is 5.69 Å². The van der Waals surface area contributed by atoms with E-state index in [4.69, 9.17) is 9.47 Å². The van der Waals surface area contributed by atoms with Crippen molar-refractivity contribution in [2.24, 2.45) is 0 Å². The molecule has 7 nitrogen and oxygen atoms in total. The van der Waals surface area contributed by atoms with Crippen molar-refractivity contribution in [1.29, 1.82) is 0 Å². The van der Waals surface area contributed by atoms with Crippen molar-refractivity contribution in [2.45, 2.75) is 12.3 Å². The summed E-state index contributed by atoms with van der Waals surface area (Å²) in [5, 5.41) is 8.20. The molecular weight excluding hydrogens is 306 g/mol. The van der Waals surface area contributed by atoms with Crippen LogP contribution in [0.1, 0.15) is 18.0 Å². The Balaban J connectivity index is 1.88.